The smallest absolute Gasteiger partial charge is 0.137 e. The SMILES string of the molecule is Clc1ccccc1-c1ccc2nc(-c3ccccc3)c(CN3CCCC3)n2c1. The Kier molecular flexibility index (Phi) is 4.63. The Morgan fingerprint density at radius 1 is 0.821 bits per heavy atom. The van der Waals surface area contributed by atoms with E-state index in [0.717, 1.165) is 47.1 Å². The van der Waals surface area contributed by atoms with Gasteiger partial charge in [0.25, 0.3) is 0 Å². The molecule has 0 N–H and O–H groups in total. The standard InChI is InChI=1S/C24H22ClN3/c25-21-11-5-4-10-20(21)19-12-13-23-26-24(18-8-2-1-3-9-18)22(28(23)16-19)17-27-14-6-7-15-27/h1-5,8-13,16H,6-7,14-15,17H2. The summed E-state index contributed by atoms with van der Waals surface area (Å²) >= 11 is 6.46. The van der Waals surface area contributed by atoms with Gasteiger partial charge in [-0.15, -0.1) is 0 Å². The second-order valence-electron chi connectivity index (χ2n) is 7.38. The van der Waals surface area contributed by atoms with E-state index in [1.54, 1.807) is 0 Å². The summed E-state index contributed by atoms with van der Waals surface area (Å²) in [4.78, 5) is 7.51. The Hall–Kier alpha value is -2.62. The van der Waals surface area contributed by atoms with E-state index >= 15 is 0 Å². The first-order valence-electron chi connectivity index (χ1n) is 9.83. The van der Waals surface area contributed by atoms with Crippen LogP contribution in [0.4, 0.5) is 0 Å². The lowest BCUT2D eigenvalue weighted by Crippen LogP contribution is -2.20. The molecule has 0 amide bonds. The minimum Gasteiger partial charge on any atom is -0.301 e. The van der Waals surface area contributed by atoms with Gasteiger partial charge in [-0.05, 0) is 49.7 Å². The maximum Gasteiger partial charge on any atom is 0.137 e. The number of halogens is 1. The summed E-state index contributed by atoms with van der Waals surface area (Å²) in [7, 11) is 0. The number of imidazole rings is 1. The average molecular weight is 388 g/mol. The maximum atomic E-state index is 6.46. The number of rotatable bonds is 4. The van der Waals surface area contributed by atoms with Crippen LogP contribution >= 0.6 is 11.6 Å². The van der Waals surface area contributed by atoms with Crippen LogP contribution in [0.25, 0.3) is 28.0 Å². The van der Waals surface area contributed by atoms with Crippen LogP contribution in [0, 0.1) is 0 Å². The molecule has 3 heterocycles. The monoisotopic (exact) mass is 387 g/mol. The lowest BCUT2D eigenvalue weighted by molar-refractivity contribution is 0.327. The highest BCUT2D eigenvalue weighted by Gasteiger charge is 2.19. The number of hydrogen-bond acceptors (Lipinski definition) is 2. The number of nitrogens with zero attached hydrogens (tertiary/aromatic N) is 3. The lowest BCUT2D eigenvalue weighted by atomic mass is 10.1. The first-order chi connectivity index (χ1) is 13.8. The molecule has 4 aromatic rings. The minimum atomic E-state index is 0.770. The summed E-state index contributed by atoms with van der Waals surface area (Å²) in [5.41, 5.74) is 6.62. The molecule has 5 rings (SSSR count). The van der Waals surface area contributed by atoms with Crippen LogP contribution in [0.1, 0.15) is 18.5 Å². The number of fused-ring (bicyclic) bond motifs is 1. The van der Waals surface area contributed by atoms with E-state index in [9.17, 15) is 0 Å². The molecule has 1 aliphatic heterocycles. The maximum absolute atomic E-state index is 6.46. The van der Waals surface area contributed by atoms with Gasteiger partial charge in [0.1, 0.15) is 5.65 Å². The Morgan fingerprint density at radius 2 is 1.57 bits per heavy atom. The molecule has 1 fully saturated rings. The van der Waals surface area contributed by atoms with E-state index in [4.69, 9.17) is 16.6 Å². The van der Waals surface area contributed by atoms with Gasteiger partial charge in [-0.2, -0.15) is 0 Å². The van der Waals surface area contributed by atoms with Gasteiger partial charge in [-0.3, -0.25) is 4.90 Å². The van der Waals surface area contributed by atoms with Crippen molar-refractivity contribution in [2.24, 2.45) is 0 Å². The Labute approximate surface area is 170 Å². The molecule has 0 bridgehead atoms. The second-order valence-corrected chi connectivity index (χ2v) is 7.79. The van der Waals surface area contributed by atoms with E-state index in [1.165, 1.54) is 24.1 Å². The molecule has 1 aliphatic rings. The van der Waals surface area contributed by atoms with E-state index in [2.05, 4.69) is 64.0 Å². The third-order valence-electron chi connectivity index (χ3n) is 5.52. The second kappa shape index (κ2) is 7.42. The largest absolute Gasteiger partial charge is 0.301 e. The van der Waals surface area contributed by atoms with Gasteiger partial charge in [0.05, 0.1) is 11.4 Å². The predicted octanol–water partition coefficient (Wildman–Crippen LogP) is 5.92. The van der Waals surface area contributed by atoms with E-state index in [0.29, 0.717) is 0 Å². The van der Waals surface area contributed by atoms with E-state index < -0.39 is 0 Å². The van der Waals surface area contributed by atoms with Crippen LogP contribution in [-0.4, -0.2) is 27.4 Å². The number of benzene rings is 2. The summed E-state index contributed by atoms with van der Waals surface area (Å²) in [6, 6.07) is 22.7. The fraction of sp³-hybridized carbons (Fsp3) is 0.208. The molecule has 0 atom stereocenters. The fourth-order valence-electron chi connectivity index (χ4n) is 4.08. The predicted molar refractivity (Wildman–Crippen MR) is 116 cm³/mol. The molecular formula is C24H22ClN3. The number of likely N-dealkylation sites (tertiary alicyclic amines) is 1. The van der Waals surface area contributed by atoms with Crippen molar-refractivity contribution < 1.29 is 0 Å². The normalized spacial score (nSPS) is 14.8. The van der Waals surface area contributed by atoms with Crippen molar-refractivity contribution in [2.45, 2.75) is 19.4 Å². The van der Waals surface area contributed by atoms with Gasteiger partial charge < -0.3 is 4.40 Å². The van der Waals surface area contributed by atoms with Gasteiger partial charge in [0.15, 0.2) is 0 Å². The van der Waals surface area contributed by atoms with Crippen LogP contribution < -0.4 is 0 Å². The molecule has 0 spiro atoms. The summed E-state index contributed by atoms with van der Waals surface area (Å²) in [6.07, 6.45) is 4.74. The number of aromatic nitrogens is 2. The van der Waals surface area contributed by atoms with Crippen LogP contribution in [0.5, 0.6) is 0 Å². The van der Waals surface area contributed by atoms with Gasteiger partial charge >= 0.3 is 0 Å². The molecule has 0 radical (unpaired) electrons. The molecule has 2 aromatic carbocycles. The Bertz CT molecular complexity index is 1110. The minimum absolute atomic E-state index is 0.770. The Balaban J connectivity index is 1.68. The quantitative estimate of drug-likeness (QED) is 0.433. The van der Waals surface area contributed by atoms with Crippen molar-refractivity contribution >= 4 is 17.2 Å². The van der Waals surface area contributed by atoms with Crippen molar-refractivity contribution in [1.29, 1.82) is 0 Å². The summed E-state index contributed by atoms with van der Waals surface area (Å²) in [6.45, 7) is 3.23. The van der Waals surface area contributed by atoms with E-state index in [-0.39, 0.29) is 0 Å². The zero-order valence-corrected chi connectivity index (χ0v) is 16.4. The molecule has 3 nitrogen and oxygen atoms in total. The van der Waals surface area contributed by atoms with Crippen LogP contribution in [-0.2, 0) is 6.54 Å². The molecule has 1 saturated heterocycles. The topological polar surface area (TPSA) is 20.5 Å². The number of pyridine rings is 1. The summed E-state index contributed by atoms with van der Waals surface area (Å²) in [5, 5.41) is 0.770. The molecular weight excluding hydrogens is 366 g/mol. The Morgan fingerprint density at radius 3 is 2.36 bits per heavy atom. The molecule has 28 heavy (non-hydrogen) atoms. The molecule has 4 heteroatoms. The average Bonchev–Trinajstić information content (AvgIpc) is 3.37. The summed E-state index contributed by atoms with van der Waals surface area (Å²) in [5.74, 6) is 0. The molecule has 0 aliphatic carbocycles. The van der Waals surface area contributed by atoms with Crippen molar-refractivity contribution in [1.82, 2.24) is 14.3 Å². The van der Waals surface area contributed by atoms with Crippen molar-refractivity contribution in [2.75, 3.05) is 13.1 Å². The van der Waals surface area contributed by atoms with Gasteiger partial charge in [-0.1, -0.05) is 60.1 Å². The van der Waals surface area contributed by atoms with Gasteiger partial charge in [0.2, 0.25) is 0 Å². The zero-order valence-electron chi connectivity index (χ0n) is 15.7. The highest BCUT2D eigenvalue weighted by molar-refractivity contribution is 6.33. The molecule has 140 valence electrons. The number of hydrogen-bond donors (Lipinski definition) is 0. The zero-order chi connectivity index (χ0) is 18.9. The van der Waals surface area contributed by atoms with Crippen molar-refractivity contribution in [3.05, 3.63) is 83.6 Å². The lowest BCUT2D eigenvalue weighted by Gasteiger charge is -2.16. The van der Waals surface area contributed by atoms with Crippen molar-refractivity contribution in [3.8, 4) is 22.4 Å². The van der Waals surface area contributed by atoms with Crippen LogP contribution in [0.15, 0.2) is 72.9 Å². The highest BCUT2D eigenvalue weighted by Crippen LogP contribution is 2.31. The first kappa shape index (κ1) is 17.5. The molecule has 0 saturated carbocycles. The van der Waals surface area contributed by atoms with Gasteiger partial charge in [0, 0.05) is 28.9 Å². The molecule has 2 aromatic heterocycles. The highest BCUT2D eigenvalue weighted by atomic mass is 35.5. The molecule has 0 unspecified atom stereocenters. The van der Waals surface area contributed by atoms with Crippen LogP contribution in [0.3, 0.4) is 0 Å². The fourth-order valence-corrected chi connectivity index (χ4v) is 4.32. The summed E-state index contributed by atoms with van der Waals surface area (Å²) < 4.78 is 2.25. The van der Waals surface area contributed by atoms with E-state index in [1.807, 2.05) is 18.2 Å². The third kappa shape index (κ3) is 3.21. The third-order valence-corrected chi connectivity index (χ3v) is 5.85. The van der Waals surface area contributed by atoms with Gasteiger partial charge in [-0.25, -0.2) is 4.98 Å². The van der Waals surface area contributed by atoms with Crippen LogP contribution in [0.2, 0.25) is 5.02 Å². The van der Waals surface area contributed by atoms with Crippen molar-refractivity contribution in [3.63, 3.8) is 0 Å². The first-order valence-corrected chi connectivity index (χ1v) is 10.2.